The summed E-state index contributed by atoms with van der Waals surface area (Å²) in [6, 6.07) is 11.5. The van der Waals surface area contributed by atoms with Gasteiger partial charge >= 0.3 is 0 Å². The molecule has 1 aromatic heterocycles. The van der Waals surface area contributed by atoms with Crippen molar-refractivity contribution >= 4 is 11.8 Å². The maximum absolute atomic E-state index is 13.0. The van der Waals surface area contributed by atoms with Crippen LogP contribution in [0.5, 0.6) is 0 Å². The van der Waals surface area contributed by atoms with Crippen molar-refractivity contribution in [3.8, 4) is 0 Å². The molecule has 0 bridgehead atoms. The normalized spacial score (nSPS) is 21.6. The topological polar surface area (TPSA) is 71.5 Å². The van der Waals surface area contributed by atoms with E-state index >= 15 is 0 Å². The first kappa shape index (κ1) is 22.5. The van der Waals surface area contributed by atoms with Crippen LogP contribution in [0.3, 0.4) is 0 Å². The summed E-state index contributed by atoms with van der Waals surface area (Å²) in [5.74, 6) is 0.642. The van der Waals surface area contributed by atoms with E-state index in [0.29, 0.717) is 17.9 Å². The quantitative estimate of drug-likeness (QED) is 0.748. The van der Waals surface area contributed by atoms with Crippen molar-refractivity contribution in [2.45, 2.75) is 57.1 Å². The number of carbonyl (C=O) groups is 2. The average molecular weight is 436 g/mol. The van der Waals surface area contributed by atoms with Gasteiger partial charge in [0.05, 0.1) is 12.1 Å². The van der Waals surface area contributed by atoms with E-state index in [0.717, 1.165) is 37.9 Å². The van der Waals surface area contributed by atoms with E-state index in [1.54, 1.807) is 31.6 Å². The number of pyridine rings is 1. The number of fused-ring (bicyclic) bond motifs is 2. The van der Waals surface area contributed by atoms with Crippen molar-refractivity contribution in [2.24, 2.45) is 5.92 Å². The van der Waals surface area contributed by atoms with Gasteiger partial charge in [-0.1, -0.05) is 38.1 Å². The van der Waals surface area contributed by atoms with E-state index in [2.05, 4.69) is 42.3 Å². The number of hydrogen-bond donors (Lipinski definition) is 1. The van der Waals surface area contributed by atoms with Crippen molar-refractivity contribution < 1.29 is 14.3 Å². The van der Waals surface area contributed by atoms with Crippen molar-refractivity contribution in [2.75, 3.05) is 20.2 Å². The second kappa shape index (κ2) is 9.41. The van der Waals surface area contributed by atoms with Crippen LogP contribution < -0.4 is 5.32 Å². The number of aromatic nitrogens is 1. The Morgan fingerprint density at radius 1 is 1.16 bits per heavy atom. The highest BCUT2D eigenvalue weighted by molar-refractivity contribution is 5.94. The molecule has 4 rings (SSSR count). The first-order valence-corrected chi connectivity index (χ1v) is 11.6. The Morgan fingerprint density at radius 2 is 1.84 bits per heavy atom. The SMILES string of the molecule is COC1C(NC(=O)c2ccncc2)c2ccccc2C12CCN(C(=O)CCC(C)C)CC2. The third-order valence-corrected chi connectivity index (χ3v) is 7.11. The molecule has 1 aliphatic carbocycles. The van der Waals surface area contributed by atoms with E-state index in [1.165, 1.54) is 5.56 Å². The molecular weight excluding hydrogens is 402 g/mol. The maximum atomic E-state index is 13.0. The van der Waals surface area contributed by atoms with Crippen LogP contribution in [-0.4, -0.2) is 48.0 Å². The van der Waals surface area contributed by atoms with E-state index in [9.17, 15) is 9.59 Å². The highest BCUT2D eigenvalue weighted by Crippen LogP contribution is 2.52. The molecule has 32 heavy (non-hydrogen) atoms. The van der Waals surface area contributed by atoms with Crippen molar-refractivity contribution in [1.29, 1.82) is 0 Å². The summed E-state index contributed by atoms with van der Waals surface area (Å²) in [7, 11) is 1.73. The number of ether oxygens (including phenoxy) is 1. The molecular formula is C26H33N3O3. The number of piperidine rings is 1. The van der Waals surface area contributed by atoms with Crippen molar-refractivity contribution in [1.82, 2.24) is 15.2 Å². The van der Waals surface area contributed by atoms with Crippen LogP contribution in [0.2, 0.25) is 0 Å². The number of carbonyl (C=O) groups excluding carboxylic acids is 2. The predicted molar refractivity (Wildman–Crippen MR) is 123 cm³/mol. The number of benzene rings is 1. The molecule has 2 amide bonds. The first-order valence-electron chi connectivity index (χ1n) is 11.6. The molecule has 2 aromatic rings. The first-order chi connectivity index (χ1) is 15.5. The fourth-order valence-corrected chi connectivity index (χ4v) is 5.38. The largest absolute Gasteiger partial charge is 0.378 e. The standard InChI is InChI=1S/C26H33N3O3/c1-18(2)8-9-22(30)29-16-12-26(13-17-29)21-7-5-4-6-20(21)23(24(26)32-3)28-25(31)19-10-14-27-15-11-19/h4-7,10-11,14-15,18,23-24H,8-9,12-13,16-17H2,1-3H3,(H,28,31). The molecule has 2 unspecified atom stereocenters. The van der Waals surface area contributed by atoms with Gasteiger partial charge in [-0.25, -0.2) is 0 Å². The summed E-state index contributed by atoms with van der Waals surface area (Å²) in [4.78, 5) is 31.7. The molecule has 1 fully saturated rings. The molecule has 1 spiro atoms. The van der Waals surface area contributed by atoms with Gasteiger partial charge in [0.2, 0.25) is 5.91 Å². The van der Waals surface area contributed by atoms with Crippen molar-refractivity contribution in [3.63, 3.8) is 0 Å². The Hall–Kier alpha value is -2.73. The summed E-state index contributed by atoms with van der Waals surface area (Å²) < 4.78 is 6.08. The monoisotopic (exact) mass is 435 g/mol. The number of rotatable bonds is 6. The van der Waals surface area contributed by atoms with Gasteiger partial charge in [0.25, 0.3) is 5.91 Å². The van der Waals surface area contributed by atoms with Crippen LogP contribution in [0, 0.1) is 5.92 Å². The van der Waals surface area contributed by atoms with Gasteiger partial charge in [0.15, 0.2) is 0 Å². The fourth-order valence-electron chi connectivity index (χ4n) is 5.38. The lowest BCUT2D eigenvalue weighted by atomic mass is 9.71. The molecule has 0 saturated carbocycles. The van der Waals surface area contributed by atoms with E-state index in [-0.39, 0.29) is 29.4 Å². The molecule has 2 atom stereocenters. The molecule has 0 radical (unpaired) electrons. The summed E-state index contributed by atoms with van der Waals surface area (Å²) in [6.07, 6.45) is 6.26. The Kier molecular flexibility index (Phi) is 6.60. The Balaban J connectivity index is 1.56. The second-order valence-electron chi connectivity index (χ2n) is 9.40. The molecule has 1 N–H and O–H groups in total. The van der Waals surface area contributed by atoms with Crippen LogP contribution in [-0.2, 0) is 14.9 Å². The minimum atomic E-state index is -0.236. The third-order valence-electron chi connectivity index (χ3n) is 7.11. The van der Waals surface area contributed by atoms with E-state index in [1.807, 2.05) is 11.0 Å². The molecule has 1 aliphatic heterocycles. The van der Waals surface area contributed by atoms with Gasteiger partial charge < -0.3 is 15.0 Å². The predicted octanol–water partition coefficient (Wildman–Crippen LogP) is 3.88. The minimum Gasteiger partial charge on any atom is -0.378 e. The minimum absolute atomic E-state index is 0.132. The molecule has 1 saturated heterocycles. The number of methoxy groups -OCH3 is 1. The molecule has 2 aliphatic rings. The summed E-state index contributed by atoms with van der Waals surface area (Å²) >= 11 is 0. The van der Waals surface area contributed by atoms with Crippen LogP contribution in [0.1, 0.15) is 67.1 Å². The number of nitrogens with one attached hydrogen (secondary N) is 1. The second-order valence-corrected chi connectivity index (χ2v) is 9.40. The summed E-state index contributed by atoms with van der Waals surface area (Å²) in [6.45, 7) is 5.74. The zero-order valence-electron chi connectivity index (χ0n) is 19.2. The Morgan fingerprint density at radius 3 is 2.50 bits per heavy atom. The number of amides is 2. The fraction of sp³-hybridized carbons (Fsp3) is 0.500. The van der Waals surface area contributed by atoms with Gasteiger partial charge in [-0.05, 0) is 48.4 Å². The number of likely N-dealkylation sites (tertiary alicyclic amines) is 1. The highest BCUT2D eigenvalue weighted by atomic mass is 16.5. The molecule has 6 nitrogen and oxygen atoms in total. The van der Waals surface area contributed by atoms with Crippen LogP contribution >= 0.6 is 0 Å². The Labute approximate surface area is 190 Å². The summed E-state index contributed by atoms with van der Waals surface area (Å²) in [5, 5.41) is 3.22. The van der Waals surface area contributed by atoms with Gasteiger partial charge in [0.1, 0.15) is 0 Å². The molecule has 6 heteroatoms. The molecule has 2 heterocycles. The van der Waals surface area contributed by atoms with Crippen LogP contribution in [0.4, 0.5) is 0 Å². The smallest absolute Gasteiger partial charge is 0.251 e. The lowest BCUT2D eigenvalue weighted by molar-refractivity contribution is -0.134. The molecule has 170 valence electrons. The highest BCUT2D eigenvalue weighted by Gasteiger charge is 2.54. The van der Waals surface area contributed by atoms with E-state index in [4.69, 9.17) is 4.74 Å². The third kappa shape index (κ3) is 4.16. The van der Waals surface area contributed by atoms with Gasteiger partial charge in [-0.2, -0.15) is 0 Å². The van der Waals surface area contributed by atoms with Crippen LogP contribution in [0.25, 0.3) is 0 Å². The zero-order valence-corrected chi connectivity index (χ0v) is 19.2. The van der Waals surface area contributed by atoms with E-state index < -0.39 is 0 Å². The zero-order chi connectivity index (χ0) is 22.7. The van der Waals surface area contributed by atoms with Gasteiger partial charge in [-0.15, -0.1) is 0 Å². The lowest BCUT2D eigenvalue weighted by Crippen LogP contribution is -2.51. The van der Waals surface area contributed by atoms with Gasteiger partial charge in [-0.3, -0.25) is 14.6 Å². The summed E-state index contributed by atoms with van der Waals surface area (Å²) in [5.41, 5.74) is 2.72. The number of hydrogen-bond acceptors (Lipinski definition) is 4. The lowest BCUT2D eigenvalue weighted by Gasteiger charge is -2.44. The average Bonchev–Trinajstić information content (AvgIpc) is 3.07. The van der Waals surface area contributed by atoms with Crippen LogP contribution in [0.15, 0.2) is 48.8 Å². The van der Waals surface area contributed by atoms with Crippen molar-refractivity contribution in [3.05, 3.63) is 65.5 Å². The molecule has 1 aromatic carbocycles. The Bertz CT molecular complexity index is 952. The van der Waals surface area contributed by atoms with Gasteiger partial charge in [0, 0.05) is 50.0 Å². The maximum Gasteiger partial charge on any atom is 0.251 e. The number of nitrogens with zero attached hydrogens (tertiary/aromatic N) is 2.